The number of nitrogens with zero attached hydrogens (tertiary/aromatic N) is 1. The minimum Gasteiger partial charge on any atom is -0.447 e. The van der Waals surface area contributed by atoms with Gasteiger partial charge in [0.2, 0.25) is 0 Å². The van der Waals surface area contributed by atoms with Gasteiger partial charge in [0.25, 0.3) is 5.91 Å². The van der Waals surface area contributed by atoms with Gasteiger partial charge in [0.15, 0.2) is 17.5 Å². The van der Waals surface area contributed by atoms with E-state index in [0.29, 0.717) is 18.3 Å². The standard InChI is InChI=1S/C16H11F3N2O3/c17-12-5-4-11(13(18)14(12)19)15(22)20-9-2-1-3-10(8-9)21-6-7-24-16(21)23/h1-5,8H,6-7H2,(H,20,22). The summed E-state index contributed by atoms with van der Waals surface area (Å²) in [5, 5.41) is 2.38. The van der Waals surface area contributed by atoms with Crippen LogP contribution in [0.3, 0.4) is 0 Å². The first-order valence-electron chi connectivity index (χ1n) is 6.96. The molecule has 3 rings (SSSR count). The predicted octanol–water partition coefficient (Wildman–Crippen LogP) is 3.31. The zero-order chi connectivity index (χ0) is 17.3. The van der Waals surface area contributed by atoms with Gasteiger partial charge in [-0.2, -0.15) is 0 Å². The number of ether oxygens (including phenoxy) is 1. The third kappa shape index (κ3) is 2.90. The first-order valence-corrected chi connectivity index (χ1v) is 6.96. The summed E-state index contributed by atoms with van der Waals surface area (Å²) in [6.07, 6.45) is -0.509. The molecule has 0 unspecified atom stereocenters. The average molecular weight is 336 g/mol. The van der Waals surface area contributed by atoms with E-state index in [9.17, 15) is 22.8 Å². The SMILES string of the molecule is O=C(Nc1cccc(N2CCOC2=O)c1)c1ccc(F)c(F)c1F. The van der Waals surface area contributed by atoms with Crippen molar-refractivity contribution in [1.82, 2.24) is 0 Å². The van der Waals surface area contributed by atoms with Crippen LogP contribution in [0.1, 0.15) is 10.4 Å². The van der Waals surface area contributed by atoms with E-state index in [4.69, 9.17) is 4.74 Å². The summed E-state index contributed by atoms with van der Waals surface area (Å²) >= 11 is 0. The van der Waals surface area contributed by atoms with Crippen LogP contribution >= 0.6 is 0 Å². The lowest BCUT2D eigenvalue weighted by molar-refractivity contribution is 0.102. The Labute approximate surface area is 134 Å². The lowest BCUT2D eigenvalue weighted by atomic mass is 10.1. The molecular formula is C16H11F3N2O3. The van der Waals surface area contributed by atoms with E-state index >= 15 is 0 Å². The number of rotatable bonds is 3. The van der Waals surface area contributed by atoms with E-state index in [1.165, 1.54) is 17.0 Å². The van der Waals surface area contributed by atoms with Crippen molar-refractivity contribution in [3.8, 4) is 0 Å². The van der Waals surface area contributed by atoms with E-state index < -0.39 is 35.0 Å². The molecule has 0 saturated carbocycles. The number of hydrogen-bond acceptors (Lipinski definition) is 3. The second kappa shape index (κ2) is 6.23. The van der Waals surface area contributed by atoms with Gasteiger partial charge in [-0.25, -0.2) is 18.0 Å². The van der Waals surface area contributed by atoms with Gasteiger partial charge < -0.3 is 10.1 Å². The molecule has 0 radical (unpaired) electrons. The van der Waals surface area contributed by atoms with E-state index in [-0.39, 0.29) is 12.3 Å². The fraction of sp³-hybridized carbons (Fsp3) is 0.125. The maximum absolute atomic E-state index is 13.6. The molecule has 2 amide bonds. The summed E-state index contributed by atoms with van der Waals surface area (Å²) in [5.41, 5.74) is 0.127. The number of halogens is 3. The van der Waals surface area contributed by atoms with Gasteiger partial charge in [-0.05, 0) is 30.3 Å². The molecule has 1 N–H and O–H groups in total. The Balaban J connectivity index is 1.82. The van der Waals surface area contributed by atoms with E-state index in [2.05, 4.69) is 5.32 Å². The number of nitrogens with one attached hydrogen (secondary N) is 1. The number of benzene rings is 2. The average Bonchev–Trinajstić information content (AvgIpc) is 2.99. The smallest absolute Gasteiger partial charge is 0.414 e. The Morgan fingerprint density at radius 1 is 1.12 bits per heavy atom. The van der Waals surface area contributed by atoms with Crippen LogP contribution in [0.2, 0.25) is 0 Å². The summed E-state index contributed by atoms with van der Waals surface area (Å²) in [5.74, 6) is -5.59. The van der Waals surface area contributed by atoms with Crippen LogP contribution in [-0.2, 0) is 4.74 Å². The Morgan fingerprint density at radius 2 is 1.92 bits per heavy atom. The zero-order valence-corrected chi connectivity index (χ0v) is 12.2. The fourth-order valence-corrected chi connectivity index (χ4v) is 2.28. The highest BCUT2D eigenvalue weighted by molar-refractivity contribution is 6.05. The van der Waals surface area contributed by atoms with Crippen molar-refractivity contribution in [2.24, 2.45) is 0 Å². The number of carbonyl (C=O) groups is 2. The van der Waals surface area contributed by atoms with Gasteiger partial charge in [-0.3, -0.25) is 9.69 Å². The molecule has 24 heavy (non-hydrogen) atoms. The third-order valence-corrected chi connectivity index (χ3v) is 3.46. The normalized spacial score (nSPS) is 13.8. The molecule has 1 fully saturated rings. The van der Waals surface area contributed by atoms with Crippen LogP contribution in [0.5, 0.6) is 0 Å². The second-order valence-corrected chi connectivity index (χ2v) is 4.99. The molecule has 1 aliphatic rings. The summed E-state index contributed by atoms with van der Waals surface area (Å²) in [7, 11) is 0. The number of hydrogen-bond donors (Lipinski definition) is 1. The Kier molecular flexibility index (Phi) is 4.11. The van der Waals surface area contributed by atoms with Crippen molar-refractivity contribution >= 4 is 23.4 Å². The third-order valence-electron chi connectivity index (χ3n) is 3.46. The molecule has 0 aliphatic carbocycles. The minimum atomic E-state index is -1.71. The van der Waals surface area contributed by atoms with E-state index in [1.807, 2.05) is 0 Å². The highest BCUT2D eigenvalue weighted by atomic mass is 19.2. The Bertz CT molecular complexity index is 826. The molecule has 0 spiro atoms. The summed E-state index contributed by atoms with van der Waals surface area (Å²) < 4.78 is 44.6. The van der Waals surface area contributed by atoms with Crippen molar-refractivity contribution in [3.05, 3.63) is 59.4 Å². The van der Waals surface area contributed by atoms with Crippen LogP contribution < -0.4 is 10.2 Å². The highest BCUT2D eigenvalue weighted by Gasteiger charge is 2.24. The van der Waals surface area contributed by atoms with E-state index in [1.54, 1.807) is 12.1 Å². The van der Waals surface area contributed by atoms with Crippen LogP contribution in [0.25, 0.3) is 0 Å². The molecule has 0 aromatic heterocycles. The van der Waals surface area contributed by atoms with Gasteiger partial charge in [0, 0.05) is 11.4 Å². The fourth-order valence-electron chi connectivity index (χ4n) is 2.28. The monoisotopic (exact) mass is 336 g/mol. The Hall–Kier alpha value is -3.03. The van der Waals surface area contributed by atoms with Crippen molar-refractivity contribution in [2.45, 2.75) is 0 Å². The quantitative estimate of drug-likeness (QED) is 0.875. The number of cyclic esters (lactones) is 1. The van der Waals surface area contributed by atoms with Crippen molar-refractivity contribution in [3.63, 3.8) is 0 Å². The van der Waals surface area contributed by atoms with Gasteiger partial charge in [0.1, 0.15) is 6.61 Å². The lowest BCUT2D eigenvalue weighted by Gasteiger charge is -2.14. The largest absolute Gasteiger partial charge is 0.447 e. The molecule has 2 aromatic rings. The van der Waals surface area contributed by atoms with Crippen LogP contribution in [-0.4, -0.2) is 25.2 Å². The molecule has 124 valence electrons. The number of anilines is 2. The Morgan fingerprint density at radius 3 is 2.62 bits per heavy atom. The van der Waals surface area contributed by atoms with Crippen molar-refractivity contribution < 1.29 is 27.5 Å². The molecule has 5 nitrogen and oxygen atoms in total. The minimum absolute atomic E-state index is 0.259. The number of amides is 2. The van der Waals surface area contributed by atoms with Crippen molar-refractivity contribution in [1.29, 1.82) is 0 Å². The molecule has 1 aliphatic heterocycles. The summed E-state index contributed by atoms with van der Waals surface area (Å²) in [6.45, 7) is 0.628. The van der Waals surface area contributed by atoms with Gasteiger partial charge in [0.05, 0.1) is 12.1 Å². The topological polar surface area (TPSA) is 58.6 Å². The van der Waals surface area contributed by atoms with Crippen LogP contribution in [0.4, 0.5) is 29.3 Å². The summed E-state index contributed by atoms with van der Waals surface area (Å²) in [6, 6.07) is 7.75. The van der Waals surface area contributed by atoms with Gasteiger partial charge in [-0.15, -0.1) is 0 Å². The molecule has 1 heterocycles. The number of carbonyl (C=O) groups excluding carboxylic acids is 2. The van der Waals surface area contributed by atoms with Crippen molar-refractivity contribution in [2.75, 3.05) is 23.4 Å². The molecule has 0 atom stereocenters. The molecule has 1 saturated heterocycles. The maximum Gasteiger partial charge on any atom is 0.414 e. The lowest BCUT2D eigenvalue weighted by Crippen LogP contribution is -2.23. The van der Waals surface area contributed by atoms with Gasteiger partial charge >= 0.3 is 6.09 Å². The van der Waals surface area contributed by atoms with E-state index in [0.717, 1.165) is 6.07 Å². The second-order valence-electron chi connectivity index (χ2n) is 4.99. The summed E-state index contributed by atoms with van der Waals surface area (Å²) in [4.78, 5) is 25.0. The first kappa shape index (κ1) is 15.9. The molecule has 8 heteroatoms. The van der Waals surface area contributed by atoms with Crippen LogP contribution in [0.15, 0.2) is 36.4 Å². The predicted molar refractivity (Wildman–Crippen MR) is 79.4 cm³/mol. The first-order chi connectivity index (χ1) is 11.5. The molecule has 2 aromatic carbocycles. The molecule has 0 bridgehead atoms. The zero-order valence-electron chi connectivity index (χ0n) is 12.2. The maximum atomic E-state index is 13.6. The molecular weight excluding hydrogens is 325 g/mol. The van der Waals surface area contributed by atoms with Gasteiger partial charge in [-0.1, -0.05) is 6.07 Å². The highest BCUT2D eigenvalue weighted by Crippen LogP contribution is 2.23. The van der Waals surface area contributed by atoms with Crippen LogP contribution in [0, 0.1) is 17.5 Å².